The van der Waals surface area contributed by atoms with Gasteiger partial charge in [-0.2, -0.15) is 0 Å². The Morgan fingerprint density at radius 1 is 1.18 bits per heavy atom. The number of hydrogen-bond acceptors (Lipinski definition) is 1. The first kappa shape index (κ1) is 10.5. The molecule has 1 heterocycles. The van der Waals surface area contributed by atoms with Crippen LogP contribution in [-0.2, 0) is 6.54 Å². The van der Waals surface area contributed by atoms with Gasteiger partial charge in [0.1, 0.15) is 5.82 Å². The summed E-state index contributed by atoms with van der Waals surface area (Å²) in [6, 6.07) is 13.7. The minimum atomic E-state index is -0.157. The predicted octanol–water partition coefficient (Wildman–Crippen LogP) is 3.33. The van der Waals surface area contributed by atoms with Gasteiger partial charge in [-0.3, -0.25) is 0 Å². The van der Waals surface area contributed by atoms with E-state index in [-0.39, 0.29) is 11.9 Å². The Labute approximate surface area is 100 Å². The highest BCUT2D eigenvalue weighted by Crippen LogP contribution is 2.31. The van der Waals surface area contributed by atoms with Gasteiger partial charge in [0.2, 0.25) is 0 Å². The molecule has 1 unspecified atom stereocenters. The second-order valence-corrected chi connectivity index (χ2v) is 4.57. The lowest BCUT2D eigenvalue weighted by Gasteiger charge is -2.13. The Morgan fingerprint density at radius 2 is 2.06 bits per heavy atom. The highest BCUT2D eigenvalue weighted by molar-refractivity contribution is 5.42. The van der Waals surface area contributed by atoms with Crippen LogP contribution in [0, 0.1) is 12.7 Å². The zero-order valence-electron chi connectivity index (χ0n) is 9.70. The molecule has 2 aromatic carbocycles. The number of nitrogens with one attached hydrogen (secondary N) is 1. The van der Waals surface area contributed by atoms with Crippen molar-refractivity contribution in [2.24, 2.45) is 0 Å². The van der Waals surface area contributed by atoms with Crippen LogP contribution in [0.2, 0.25) is 0 Å². The maximum absolute atomic E-state index is 13.1. The largest absolute Gasteiger partial charge is 0.302 e. The summed E-state index contributed by atoms with van der Waals surface area (Å²) in [5, 5.41) is 3.43. The van der Waals surface area contributed by atoms with E-state index >= 15 is 0 Å². The van der Waals surface area contributed by atoms with E-state index in [0.717, 1.165) is 12.1 Å². The fraction of sp³-hybridized carbons (Fsp3) is 0.200. The maximum atomic E-state index is 13.1. The van der Waals surface area contributed by atoms with E-state index in [1.165, 1.54) is 22.8 Å². The molecule has 2 heteroatoms. The van der Waals surface area contributed by atoms with E-state index in [1.807, 2.05) is 6.07 Å². The molecule has 3 rings (SSSR count). The molecule has 0 aliphatic carbocycles. The summed E-state index contributed by atoms with van der Waals surface area (Å²) in [5.74, 6) is -0.157. The van der Waals surface area contributed by atoms with Crippen molar-refractivity contribution in [2.75, 3.05) is 0 Å². The molecule has 0 fully saturated rings. The maximum Gasteiger partial charge on any atom is 0.123 e. The summed E-state index contributed by atoms with van der Waals surface area (Å²) in [4.78, 5) is 0. The van der Waals surface area contributed by atoms with Gasteiger partial charge in [0.25, 0.3) is 0 Å². The lowest BCUT2D eigenvalue weighted by atomic mass is 9.97. The van der Waals surface area contributed by atoms with Crippen LogP contribution in [0.1, 0.15) is 28.3 Å². The van der Waals surface area contributed by atoms with Crippen LogP contribution < -0.4 is 5.32 Å². The number of rotatable bonds is 1. The molecular weight excluding hydrogens is 213 g/mol. The van der Waals surface area contributed by atoms with E-state index in [4.69, 9.17) is 0 Å². The minimum Gasteiger partial charge on any atom is -0.302 e. The summed E-state index contributed by atoms with van der Waals surface area (Å²) < 4.78 is 13.1. The Kier molecular flexibility index (Phi) is 2.45. The van der Waals surface area contributed by atoms with Crippen LogP contribution in [0.3, 0.4) is 0 Å². The summed E-state index contributed by atoms with van der Waals surface area (Å²) in [6.45, 7) is 2.83. The van der Waals surface area contributed by atoms with Gasteiger partial charge in [-0.25, -0.2) is 4.39 Å². The van der Waals surface area contributed by atoms with E-state index in [2.05, 4.69) is 36.5 Å². The van der Waals surface area contributed by atoms with E-state index in [1.54, 1.807) is 6.07 Å². The lowest BCUT2D eigenvalue weighted by molar-refractivity contribution is 0.625. The molecular formula is C15H14FN. The van der Waals surface area contributed by atoms with Crippen molar-refractivity contribution >= 4 is 0 Å². The Bertz CT molecular complexity index is 563. The van der Waals surface area contributed by atoms with Crippen molar-refractivity contribution in [2.45, 2.75) is 19.5 Å². The number of halogens is 1. The number of aryl methyl sites for hydroxylation is 1. The lowest BCUT2D eigenvalue weighted by Crippen LogP contribution is -2.13. The van der Waals surface area contributed by atoms with Crippen LogP contribution in [0.15, 0.2) is 42.5 Å². The summed E-state index contributed by atoms with van der Waals surface area (Å²) in [6.07, 6.45) is 0. The molecule has 86 valence electrons. The average molecular weight is 227 g/mol. The zero-order valence-corrected chi connectivity index (χ0v) is 9.70. The van der Waals surface area contributed by atoms with Crippen LogP contribution in [-0.4, -0.2) is 0 Å². The van der Waals surface area contributed by atoms with Crippen LogP contribution in [0.25, 0.3) is 0 Å². The van der Waals surface area contributed by atoms with Gasteiger partial charge in [0.15, 0.2) is 0 Å². The van der Waals surface area contributed by atoms with Gasteiger partial charge >= 0.3 is 0 Å². The number of hydrogen-bond donors (Lipinski definition) is 1. The molecule has 1 nitrogen and oxygen atoms in total. The van der Waals surface area contributed by atoms with Gasteiger partial charge < -0.3 is 5.32 Å². The van der Waals surface area contributed by atoms with Crippen molar-refractivity contribution in [3.05, 3.63) is 70.5 Å². The fourth-order valence-electron chi connectivity index (χ4n) is 2.48. The van der Waals surface area contributed by atoms with E-state index < -0.39 is 0 Å². The summed E-state index contributed by atoms with van der Waals surface area (Å²) in [5.41, 5.74) is 4.75. The van der Waals surface area contributed by atoms with E-state index in [0.29, 0.717) is 0 Å². The van der Waals surface area contributed by atoms with Gasteiger partial charge in [-0.05, 0) is 35.7 Å². The Hall–Kier alpha value is -1.67. The molecule has 1 aliphatic rings. The molecule has 0 radical (unpaired) electrons. The summed E-state index contributed by atoms with van der Waals surface area (Å²) >= 11 is 0. The second kappa shape index (κ2) is 3.97. The molecule has 17 heavy (non-hydrogen) atoms. The highest BCUT2D eigenvalue weighted by Gasteiger charge is 2.23. The molecule has 0 bridgehead atoms. The second-order valence-electron chi connectivity index (χ2n) is 4.57. The Morgan fingerprint density at radius 3 is 2.88 bits per heavy atom. The topological polar surface area (TPSA) is 12.0 Å². The third-order valence-corrected chi connectivity index (χ3v) is 3.29. The molecule has 0 saturated heterocycles. The fourth-order valence-corrected chi connectivity index (χ4v) is 2.48. The van der Waals surface area contributed by atoms with Gasteiger partial charge in [-0.15, -0.1) is 0 Å². The molecule has 2 aromatic rings. The standard InChI is InChI=1S/C15H14FN/c1-10-3-2-4-11(7-10)15-14-6-5-13(16)8-12(14)9-17-15/h2-8,15,17H,9H2,1H3. The quantitative estimate of drug-likeness (QED) is 0.788. The summed E-state index contributed by atoms with van der Waals surface area (Å²) in [7, 11) is 0. The van der Waals surface area contributed by atoms with Gasteiger partial charge in [-0.1, -0.05) is 35.9 Å². The van der Waals surface area contributed by atoms with E-state index in [9.17, 15) is 4.39 Å². The van der Waals surface area contributed by atoms with Gasteiger partial charge in [0, 0.05) is 6.54 Å². The molecule has 0 aromatic heterocycles. The SMILES string of the molecule is Cc1cccc(C2NCc3cc(F)ccc32)c1. The third kappa shape index (κ3) is 1.85. The van der Waals surface area contributed by atoms with Crippen LogP contribution in [0.5, 0.6) is 0 Å². The van der Waals surface area contributed by atoms with Crippen molar-refractivity contribution < 1.29 is 4.39 Å². The molecule has 0 spiro atoms. The third-order valence-electron chi connectivity index (χ3n) is 3.29. The highest BCUT2D eigenvalue weighted by atomic mass is 19.1. The van der Waals surface area contributed by atoms with Crippen LogP contribution >= 0.6 is 0 Å². The van der Waals surface area contributed by atoms with Crippen molar-refractivity contribution in [3.63, 3.8) is 0 Å². The first-order valence-corrected chi connectivity index (χ1v) is 5.82. The first-order chi connectivity index (χ1) is 8.24. The number of benzene rings is 2. The Balaban J connectivity index is 2.04. The molecule has 1 aliphatic heterocycles. The van der Waals surface area contributed by atoms with Crippen molar-refractivity contribution in [1.29, 1.82) is 0 Å². The molecule has 1 N–H and O–H groups in total. The van der Waals surface area contributed by atoms with Crippen molar-refractivity contribution in [1.82, 2.24) is 5.32 Å². The van der Waals surface area contributed by atoms with Crippen LogP contribution in [0.4, 0.5) is 4.39 Å². The molecule has 0 saturated carbocycles. The molecule has 0 amide bonds. The van der Waals surface area contributed by atoms with Gasteiger partial charge in [0.05, 0.1) is 6.04 Å². The first-order valence-electron chi connectivity index (χ1n) is 5.82. The minimum absolute atomic E-state index is 0.157. The predicted molar refractivity (Wildman–Crippen MR) is 66.3 cm³/mol. The number of fused-ring (bicyclic) bond motifs is 1. The monoisotopic (exact) mass is 227 g/mol. The molecule has 1 atom stereocenters. The smallest absolute Gasteiger partial charge is 0.123 e. The normalized spacial score (nSPS) is 18.1. The zero-order chi connectivity index (χ0) is 11.8. The average Bonchev–Trinajstić information content (AvgIpc) is 2.71. The van der Waals surface area contributed by atoms with Crippen molar-refractivity contribution in [3.8, 4) is 0 Å².